The van der Waals surface area contributed by atoms with Crippen LogP contribution in [0.3, 0.4) is 0 Å². The third-order valence-corrected chi connectivity index (χ3v) is 8.02. The Bertz CT molecular complexity index is 1590. The number of halogens is 1. The molecule has 3 aromatic rings. The van der Waals surface area contributed by atoms with E-state index in [2.05, 4.69) is 31.8 Å². The minimum Gasteiger partial charge on any atom is -0.489 e. The molecular formula is C33H42ClN4O6P. The monoisotopic (exact) mass is 656 g/mol. The molecule has 1 fully saturated rings. The van der Waals surface area contributed by atoms with Crippen LogP contribution in [0, 0.1) is 0 Å². The number of hydrogen-bond donors (Lipinski definition) is 2. The third kappa shape index (κ3) is 8.79. The van der Waals surface area contributed by atoms with E-state index in [0.717, 1.165) is 11.7 Å². The first kappa shape index (κ1) is 34.8. The maximum atomic E-state index is 14.1. The smallest absolute Gasteiger partial charge is 0.266 e. The Balaban J connectivity index is 0.00000226. The number of aliphatic hydroxyl groups excluding tert-OH is 2. The topological polar surface area (TPSA) is 117 Å². The molecule has 2 heterocycles. The summed E-state index contributed by atoms with van der Waals surface area (Å²) in [7, 11) is 2.66. The van der Waals surface area contributed by atoms with Gasteiger partial charge in [0.15, 0.2) is 0 Å². The number of allylic oxidation sites excluding steroid dienone is 2. The number of carbonyl (C=O) groups excluding carboxylic acids is 1. The number of fused-ring (bicyclic) bond motifs is 1. The lowest BCUT2D eigenvalue weighted by Gasteiger charge is -2.35. The highest BCUT2D eigenvalue weighted by Crippen LogP contribution is 2.26. The summed E-state index contributed by atoms with van der Waals surface area (Å²) < 4.78 is 13.5. The van der Waals surface area contributed by atoms with E-state index >= 15 is 0 Å². The number of rotatable bonds is 10. The molecule has 0 radical (unpaired) electrons. The zero-order valence-electron chi connectivity index (χ0n) is 25.9. The Labute approximate surface area is 271 Å². The number of alkyl halides is 1. The molecule has 0 saturated carbocycles. The maximum absolute atomic E-state index is 14.1. The molecule has 3 unspecified atom stereocenters. The van der Waals surface area contributed by atoms with Crippen molar-refractivity contribution in [2.75, 3.05) is 45.8 Å². The van der Waals surface area contributed by atoms with Crippen molar-refractivity contribution in [2.24, 2.45) is 0 Å². The number of benzene rings is 2. The predicted octanol–water partition coefficient (Wildman–Crippen LogP) is 3.80. The van der Waals surface area contributed by atoms with Crippen LogP contribution in [0.15, 0.2) is 70.8 Å². The molecule has 1 saturated heterocycles. The van der Waals surface area contributed by atoms with Gasteiger partial charge in [-0.25, -0.2) is 4.98 Å². The molecule has 2 aliphatic rings. The van der Waals surface area contributed by atoms with Crippen molar-refractivity contribution in [2.45, 2.75) is 45.1 Å². The highest BCUT2D eigenvalue weighted by Gasteiger charge is 2.25. The molecule has 0 bridgehead atoms. The summed E-state index contributed by atoms with van der Waals surface area (Å²) in [5.74, 6) is 1.07. The highest BCUT2D eigenvalue weighted by molar-refractivity contribution is 7.22. The molecule has 10 nitrogen and oxygen atoms in total. The van der Waals surface area contributed by atoms with Gasteiger partial charge in [-0.2, -0.15) is 0 Å². The number of hydrogen-bond acceptors (Lipinski definition) is 8. The highest BCUT2D eigenvalue weighted by atomic mass is 35.5. The fourth-order valence-corrected chi connectivity index (χ4v) is 5.52. The molecule has 242 valence electrons. The average molecular weight is 657 g/mol. The molecule has 2 N–H and O–H groups in total. The van der Waals surface area contributed by atoms with E-state index in [1.807, 2.05) is 55.2 Å². The van der Waals surface area contributed by atoms with Gasteiger partial charge in [-0.15, -0.1) is 20.8 Å². The molecule has 1 aliphatic carbocycles. The molecule has 45 heavy (non-hydrogen) atoms. The summed E-state index contributed by atoms with van der Waals surface area (Å²) in [6.07, 6.45) is 6.96. The SMILES string of the molecule is CC(C)Oc1ccccc1-n1c(CN2CCN(C(=O)COC3C=CC(P)=CC3)CC2)nc2ccc(C(O)CO)cc2c1=O.CCl. The summed E-state index contributed by atoms with van der Waals surface area (Å²) in [6.45, 7) is 6.16. The fraction of sp³-hybridized carbons (Fsp3) is 0.424. The summed E-state index contributed by atoms with van der Waals surface area (Å²) >= 11 is 4.64. The van der Waals surface area contributed by atoms with E-state index in [0.29, 0.717) is 66.5 Å². The third-order valence-electron chi connectivity index (χ3n) is 7.59. The largest absolute Gasteiger partial charge is 0.489 e. The summed E-state index contributed by atoms with van der Waals surface area (Å²) in [5, 5.41) is 21.1. The van der Waals surface area contributed by atoms with Crippen LogP contribution >= 0.6 is 20.8 Å². The van der Waals surface area contributed by atoms with E-state index in [1.54, 1.807) is 22.8 Å². The average Bonchev–Trinajstić information content (AvgIpc) is 3.05. The summed E-state index contributed by atoms with van der Waals surface area (Å²) in [6, 6.07) is 12.3. The van der Waals surface area contributed by atoms with Gasteiger partial charge in [-0.1, -0.05) is 36.4 Å². The summed E-state index contributed by atoms with van der Waals surface area (Å²) in [5.41, 5.74) is 1.22. The summed E-state index contributed by atoms with van der Waals surface area (Å²) in [4.78, 5) is 35.8. The van der Waals surface area contributed by atoms with Crippen LogP contribution in [0.25, 0.3) is 16.6 Å². The Morgan fingerprint density at radius 1 is 1.13 bits per heavy atom. The van der Waals surface area contributed by atoms with Gasteiger partial charge in [0.05, 0.1) is 41.9 Å². The van der Waals surface area contributed by atoms with Crippen LogP contribution in [0.5, 0.6) is 5.75 Å². The van der Waals surface area contributed by atoms with E-state index in [-0.39, 0.29) is 30.3 Å². The van der Waals surface area contributed by atoms with Crippen molar-refractivity contribution in [1.82, 2.24) is 19.4 Å². The van der Waals surface area contributed by atoms with Crippen molar-refractivity contribution >= 4 is 37.7 Å². The van der Waals surface area contributed by atoms with Gasteiger partial charge in [0, 0.05) is 32.6 Å². The van der Waals surface area contributed by atoms with E-state index in [9.17, 15) is 19.8 Å². The van der Waals surface area contributed by atoms with Crippen LogP contribution in [-0.2, 0) is 16.1 Å². The first-order valence-corrected chi connectivity index (χ1v) is 16.3. The second kappa shape index (κ2) is 16.5. The molecule has 2 aromatic carbocycles. The predicted molar refractivity (Wildman–Crippen MR) is 180 cm³/mol. The number of carbonyl (C=O) groups is 1. The van der Waals surface area contributed by atoms with Gasteiger partial charge in [0.2, 0.25) is 5.91 Å². The number of aliphatic hydroxyl groups is 2. The number of para-hydroxylation sites is 2. The Hall–Kier alpha value is -3.11. The van der Waals surface area contributed by atoms with Crippen LogP contribution < -0.4 is 10.3 Å². The molecule has 5 rings (SSSR count). The van der Waals surface area contributed by atoms with Crippen molar-refractivity contribution in [3.63, 3.8) is 0 Å². The second-order valence-corrected chi connectivity index (χ2v) is 11.7. The Kier molecular flexibility index (Phi) is 12.7. The molecular weight excluding hydrogens is 615 g/mol. The standard InChI is InChI=1S/C32H39N4O6P.CH3Cl/c1-21(2)42-29-6-4-3-5-27(29)36-30(33-26-12-7-22(28(38)19-37)17-25(26)32(36)40)18-34-13-15-35(16-14-34)31(39)20-41-23-8-10-24(43)11-9-23;1-2/h3-8,10-12,17,21,23,28,37-38H,9,13-16,18-20,43H2,1-2H3;1H3. The molecule has 12 heteroatoms. The number of nitrogens with zero attached hydrogens (tertiary/aromatic N) is 4. The van der Waals surface area contributed by atoms with Gasteiger partial charge >= 0.3 is 0 Å². The van der Waals surface area contributed by atoms with Gasteiger partial charge in [-0.3, -0.25) is 19.1 Å². The van der Waals surface area contributed by atoms with Crippen LogP contribution in [0.2, 0.25) is 0 Å². The minimum absolute atomic E-state index is 0.0323. The van der Waals surface area contributed by atoms with Crippen LogP contribution in [0.1, 0.15) is 37.8 Å². The van der Waals surface area contributed by atoms with Gasteiger partial charge in [-0.05, 0) is 55.4 Å². The zero-order valence-corrected chi connectivity index (χ0v) is 27.8. The Morgan fingerprint density at radius 2 is 1.87 bits per heavy atom. The first-order chi connectivity index (χ1) is 21.7. The number of piperazine rings is 1. The van der Waals surface area contributed by atoms with Crippen LogP contribution in [-0.4, -0.2) is 93.5 Å². The normalized spacial score (nSPS) is 17.6. The van der Waals surface area contributed by atoms with Crippen molar-refractivity contribution in [1.29, 1.82) is 0 Å². The van der Waals surface area contributed by atoms with Gasteiger partial charge in [0.1, 0.15) is 24.3 Å². The molecule has 1 amide bonds. The first-order valence-electron chi connectivity index (χ1n) is 15.0. The quantitative estimate of drug-likeness (QED) is 0.250. The lowest BCUT2D eigenvalue weighted by Crippen LogP contribution is -2.50. The lowest BCUT2D eigenvalue weighted by molar-refractivity contribution is -0.139. The molecule has 1 aliphatic heterocycles. The second-order valence-electron chi connectivity index (χ2n) is 11.1. The number of ether oxygens (including phenoxy) is 2. The molecule has 3 atom stereocenters. The minimum atomic E-state index is -1.10. The number of aromatic nitrogens is 2. The zero-order chi connectivity index (χ0) is 32.5. The lowest BCUT2D eigenvalue weighted by atomic mass is 10.1. The maximum Gasteiger partial charge on any atom is 0.266 e. The fourth-order valence-electron chi connectivity index (χ4n) is 5.28. The van der Waals surface area contributed by atoms with Crippen LogP contribution in [0.4, 0.5) is 0 Å². The Morgan fingerprint density at radius 3 is 2.53 bits per heavy atom. The van der Waals surface area contributed by atoms with E-state index in [4.69, 9.17) is 14.5 Å². The van der Waals surface area contributed by atoms with Gasteiger partial charge in [0.25, 0.3) is 5.56 Å². The number of amides is 1. The van der Waals surface area contributed by atoms with E-state index in [1.165, 1.54) is 6.38 Å². The van der Waals surface area contributed by atoms with E-state index < -0.39 is 12.7 Å². The van der Waals surface area contributed by atoms with Crippen molar-refractivity contribution in [3.05, 3.63) is 87.7 Å². The molecule has 1 aromatic heterocycles. The molecule has 0 spiro atoms. The van der Waals surface area contributed by atoms with Gasteiger partial charge < -0.3 is 24.6 Å². The van der Waals surface area contributed by atoms with Crippen molar-refractivity contribution < 1.29 is 24.5 Å². The van der Waals surface area contributed by atoms with Crippen molar-refractivity contribution in [3.8, 4) is 11.4 Å².